The summed E-state index contributed by atoms with van der Waals surface area (Å²) in [7, 11) is 0. The van der Waals surface area contributed by atoms with E-state index in [1.54, 1.807) is 32.3 Å². The summed E-state index contributed by atoms with van der Waals surface area (Å²) in [6.07, 6.45) is 2.77. The number of carbonyl (C=O) groups is 3. The fourth-order valence-electron chi connectivity index (χ4n) is 7.74. The van der Waals surface area contributed by atoms with Crippen molar-refractivity contribution in [1.29, 1.82) is 0 Å². The minimum Gasteiger partial charge on any atom is -0.381 e. The number of halogens is 3. The molecule has 4 aromatic rings. The first-order valence-corrected chi connectivity index (χ1v) is 17.0. The van der Waals surface area contributed by atoms with Crippen LogP contribution in [0, 0.1) is 25.2 Å². The quantitative estimate of drug-likeness (QED) is 0.313. The molecule has 1 saturated heterocycles. The number of pyridine rings is 2. The normalized spacial score (nSPS) is 24.0. The highest BCUT2D eigenvalue weighted by Gasteiger charge is 2.72. The van der Waals surface area contributed by atoms with Crippen LogP contribution >= 0.6 is 0 Å². The first kappa shape index (κ1) is 34.5. The molecule has 0 radical (unpaired) electrons. The maximum Gasteiger partial charge on any atom is 0.433 e. The number of hydrogen-bond donors (Lipinski definition) is 2. The number of primary amides is 1. The minimum absolute atomic E-state index is 0.00154. The van der Waals surface area contributed by atoms with Crippen LogP contribution in [0.2, 0.25) is 0 Å². The zero-order chi connectivity index (χ0) is 36.2. The third-order valence-corrected chi connectivity index (χ3v) is 10.5. The van der Waals surface area contributed by atoms with Gasteiger partial charge < -0.3 is 20.7 Å². The monoisotopic (exact) mass is 705 g/mol. The van der Waals surface area contributed by atoms with Crippen LogP contribution in [-0.2, 0) is 33.5 Å². The van der Waals surface area contributed by atoms with Gasteiger partial charge in [0.2, 0.25) is 11.8 Å². The highest BCUT2D eigenvalue weighted by atomic mass is 19.4. The zero-order valence-corrected chi connectivity index (χ0v) is 28.5. The van der Waals surface area contributed by atoms with Gasteiger partial charge in [-0.2, -0.15) is 18.3 Å². The summed E-state index contributed by atoms with van der Waals surface area (Å²) in [6.45, 7) is 5.83. The van der Waals surface area contributed by atoms with E-state index in [1.807, 2.05) is 6.92 Å². The second-order valence-electron chi connectivity index (χ2n) is 13.8. The first-order chi connectivity index (χ1) is 24.3. The van der Waals surface area contributed by atoms with Gasteiger partial charge in [0.1, 0.15) is 29.9 Å². The summed E-state index contributed by atoms with van der Waals surface area (Å²) >= 11 is 0. The van der Waals surface area contributed by atoms with Crippen LogP contribution in [-0.4, -0.2) is 77.6 Å². The second kappa shape index (κ2) is 13.0. The van der Waals surface area contributed by atoms with Gasteiger partial charge in [0.15, 0.2) is 5.69 Å². The lowest BCUT2D eigenvalue weighted by Gasteiger charge is -2.28. The number of anilines is 1. The van der Waals surface area contributed by atoms with Crippen molar-refractivity contribution in [2.45, 2.75) is 84.1 Å². The minimum atomic E-state index is -4.71. The number of ether oxygens (including phenoxy) is 1. The fraction of sp³-hybridized carbons (Fsp3) is 0.486. The lowest BCUT2D eigenvalue weighted by Crippen LogP contribution is -2.47. The van der Waals surface area contributed by atoms with Crippen LogP contribution in [0.15, 0.2) is 30.6 Å². The average molecular weight is 706 g/mol. The lowest BCUT2D eigenvalue weighted by molar-refractivity contribution is -0.141. The number of carbonyl (C=O) groups excluding carboxylic acids is 3. The zero-order valence-electron chi connectivity index (χ0n) is 28.5. The van der Waals surface area contributed by atoms with Gasteiger partial charge in [0.25, 0.3) is 5.91 Å². The smallest absolute Gasteiger partial charge is 0.381 e. The summed E-state index contributed by atoms with van der Waals surface area (Å²) < 4.78 is 48.0. The van der Waals surface area contributed by atoms with E-state index in [0.29, 0.717) is 58.9 Å². The van der Waals surface area contributed by atoms with Gasteiger partial charge in [0.05, 0.1) is 23.5 Å². The molecule has 16 heteroatoms. The summed E-state index contributed by atoms with van der Waals surface area (Å²) in [5.41, 5.74) is 6.76. The van der Waals surface area contributed by atoms with Gasteiger partial charge in [-0.1, -0.05) is 25.8 Å². The van der Waals surface area contributed by atoms with Crippen molar-refractivity contribution in [3.63, 3.8) is 0 Å². The average Bonchev–Trinajstić information content (AvgIpc) is 3.34. The van der Waals surface area contributed by atoms with Crippen molar-refractivity contribution in [3.8, 4) is 11.3 Å². The topological polar surface area (TPSA) is 171 Å². The van der Waals surface area contributed by atoms with Crippen LogP contribution in [0.4, 0.5) is 19.0 Å². The molecule has 13 nitrogen and oxygen atoms in total. The number of hydrogen-bond acceptors (Lipinski definition) is 9. The summed E-state index contributed by atoms with van der Waals surface area (Å²) in [4.78, 5) is 59.8. The Morgan fingerprint density at radius 1 is 1.08 bits per heavy atom. The van der Waals surface area contributed by atoms with Gasteiger partial charge in [0, 0.05) is 41.4 Å². The number of nitrogens with zero attached hydrogens (tertiary/aromatic N) is 7. The molecule has 4 aromatic heterocycles. The standard InChI is InChI=1S/C35H38F3N9O4/c1-18-9-10-26(35(36,37)38)43-32(18)44-33(50)25-13-34-17-51-11-7-5-4-6-8-23-29-22(12-24(42-23)21-14-40-20(3)41-15-21)28(31(39)49)45-46(29)16-27(48)47(25)30(34)19(34)2/h9-10,12,14-15,19,25,30H,4-8,11,13,16-17H2,1-3H3,(H2,39,49)(H,43,44,50)/t19?,25-,30?,34+/m0/s1. The molecule has 6 heterocycles. The molecule has 1 aliphatic carbocycles. The highest BCUT2D eigenvalue weighted by molar-refractivity contribution is 6.06. The van der Waals surface area contributed by atoms with Gasteiger partial charge >= 0.3 is 6.18 Å². The summed E-state index contributed by atoms with van der Waals surface area (Å²) in [5.74, 6) is -1.52. The van der Waals surface area contributed by atoms with Crippen LogP contribution in [0.1, 0.15) is 72.3 Å². The molecule has 1 saturated carbocycles. The molecule has 51 heavy (non-hydrogen) atoms. The van der Waals surface area contributed by atoms with Crippen molar-refractivity contribution in [2.75, 3.05) is 18.5 Å². The van der Waals surface area contributed by atoms with E-state index in [4.69, 9.17) is 15.5 Å². The number of nitrogens with one attached hydrogen (secondary N) is 1. The summed E-state index contributed by atoms with van der Waals surface area (Å²) in [5, 5.41) is 7.53. The SMILES string of the molecule is Cc1ncc(-c2cc3c(C(N)=O)nn4c3c(n2)CCCCCCOC[C@@]23C[C@@H](C(=O)Nc5nc(C(F)(F)F)ccc5C)N(C(=O)C4)C2C3C)cn1. The molecule has 3 amide bonds. The van der Waals surface area contributed by atoms with Crippen LogP contribution in [0.5, 0.6) is 0 Å². The Morgan fingerprint density at radius 2 is 1.82 bits per heavy atom. The van der Waals surface area contributed by atoms with Crippen LogP contribution in [0.25, 0.3) is 22.2 Å². The Hall–Kier alpha value is -4.99. The number of amides is 3. The Morgan fingerprint density at radius 3 is 2.55 bits per heavy atom. The second-order valence-corrected chi connectivity index (χ2v) is 13.8. The van der Waals surface area contributed by atoms with Crippen molar-refractivity contribution in [1.82, 2.24) is 34.6 Å². The lowest BCUT2D eigenvalue weighted by atomic mass is 9.96. The Labute approximate surface area is 291 Å². The van der Waals surface area contributed by atoms with Crippen molar-refractivity contribution < 1.29 is 32.3 Å². The first-order valence-electron chi connectivity index (χ1n) is 17.0. The molecule has 2 fully saturated rings. The van der Waals surface area contributed by atoms with E-state index in [0.717, 1.165) is 31.7 Å². The molecular weight excluding hydrogens is 667 g/mol. The maximum absolute atomic E-state index is 14.4. The predicted molar refractivity (Wildman–Crippen MR) is 178 cm³/mol. The van der Waals surface area contributed by atoms with E-state index in [9.17, 15) is 27.6 Å². The van der Waals surface area contributed by atoms with Crippen molar-refractivity contribution in [2.24, 2.45) is 17.1 Å². The van der Waals surface area contributed by atoms with Crippen molar-refractivity contribution in [3.05, 3.63) is 59.1 Å². The molecule has 2 bridgehead atoms. The van der Waals surface area contributed by atoms with Crippen LogP contribution in [0.3, 0.4) is 0 Å². The molecule has 268 valence electrons. The Bertz CT molecular complexity index is 2030. The molecule has 3 aliphatic rings. The number of rotatable bonds is 4. The van der Waals surface area contributed by atoms with Gasteiger partial charge in [-0.15, -0.1) is 0 Å². The third kappa shape index (κ3) is 6.29. The van der Waals surface area contributed by atoms with E-state index >= 15 is 0 Å². The Balaban J connectivity index is 1.28. The summed E-state index contributed by atoms with van der Waals surface area (Å²) in [6, 6.07) is 2.42. The number of alkyl halides is 3. The maximum atomic E-state index is 14.4. The van der Waals surface area contributed by atoms with Gasteiger partial charge in [-0.25, -0.2) is 15.0 Å². The number of piperidine rings is 1. The van der Waals surface area contributed by atoms with E-state index in [-0.39, 0.29) is 36.4 Å². The molecular formula is C35H38F3N9O4. The van der Waals surface area contributed by atoms with E-state index in [1.165, 1.54) is 15.6 Å². The van der Waals surface area contributed by atoms with E-state index in [2.05, 4.69) is 25.4 Å². The molecule has 3 N–H and O–H groups in total. The van der Waals surface area contributed by atoms with Crippen LogP contribution < -0.4 is 11.1 Å². The molecule has 0 spiro atoms. The van der Waals surface area contributed by atoms with Gasteiger partial charge in [-0.05, 0) is 63.1 Å². The largest absolute Gasteiger partial charge is 0.433 e. The predicted octanol–water partition coefficient (Wildman–Crippen LogP) is 4.40. The number of nitrogens with two attached hydrogens (primary N) is 1. The van der Waals surface area contributed by atoms with Crippen molar-refractivity contribution >= 4 is 34.4 Å². The van der Waals surface area contributed by atoms with Gasteiger partial charge in [-0.3, -0.25) is 24.0 Å². The molecule has 2 unspecified atom stereocenters. The molecule has 2 aliphatic heterocycles. The fourth-order valence-corrected chi connectivity index (χ4v) is 7.74. The number of aryl methyl sites for hydroxylation is 3. The van der Waals surface area contributed by atoms with E-state index < -0.39 is 41.0 Å². The molecule has 7 rings (SSSR count). The molecule has 0 aromatic carbocycles. The third-order valence-electron chi connectivity index (χ3n) is 10.5. The number of aromatic nitrogens is 6. The molecule has 4 atom stereocenters. The highest BCUT2D eigenvalue weighted by Crippen LogP contribution is 2.64. The Kier molecular flexibility index (Phi) is 8.76.